The lowest BCUT2D eigenvalue weighted by Gasteiger charge is -2.22. The second-order valence-electron chi connectivity index (χ2n) is 8.04. The summed E-state index contributed by atoms with van der Waals surface area (Å²) in [5, 5.41) is 11.5. The van der Waals surface area contributed by atoms with Crippen LogP contribution < -0.4 is 16.0 Å². The molecule has 4 aromatic rings. The third kappa shape index (κ3) is 4.76. The highest BCUT2D eigenvalue weighted by molar-refractivity contribution is 9.10. The molecule has 164 valence electrons. The van der Waals surface area contributed by atoms with Gasteiger partial charge in [-0.05, 0) is 83.7 Å². The van der Waals surface area contributed by atoms with Gasteiger partial charge >= 0.3 is 0 Å². The lowest BCUT2D eigenvalue weighted by atomic mass is 9.90. The maximum absolute atomic E-state index is 4.66. The number of hydrogen-bond acceptors (Lipinski definition) is 6. The number of fused-ring (bicyclic) bond motifs is 1. The molecule has 4 N–H and O–H groups in total. The Morgan fingerprint density at radius 1 is 1.09 bits per heavy atom. The lowest BCUT2D eigenvalue weighted by molar-refractivity contribution is 0.462. The summed E-state index contributed by atoms with van der Waals surface area (Å²) in [6, 6.07) is 12.3. The van der Waals surface area contributed by atoms with E-state index >= 15 is 0 Å². The lowest BCUT2D eigenvalue weighted by Crippen LogP contribution is -2.26. The van der Waals surface area contributed by atoms with Gasteiger partial charge in [-0.25, -0.2) is 4.98 Å². The number of nitrogens with zero attached hydrogens (tertiary/aromatic N) is 3. The average Bonchev–Trinajstić information content (AvgIpc) is 3.26. The monoisotopic (exact) mass is 491 g/mol. The molecule has 7 nitrogen and oxygen atoms in total. The van der Waals surface area contributed by atoms with Gasteiger partial charge < -0.3 is 20.9 Å². The summed E-state index contributed by atoms with van der Waals surface area (Å²) in [5.74, 6) is 1.92. The van der Waals surface area contributed by atoms with Gasteiger partial charge in [-0.3, -0.25) is 4.98 Å². The van der Waals surface area contributed by atoms with Crippen LogP contribution in [0, 0.1) is 0 Å². The van der Waals surface area contributed by atoms with Gasteiger partial charge in [0.05, 0.1) is 4.47 Å². The summed E-state index contributed by atoms with van der Waals surface area (Å²) in [6.45, 7) is 2.90. The summed E-state index contributed by atoms with van der Waals surface area (Å²) in [6.07, 6.45) is 8.93. The number of piperidine rings is 1. The van der Waals surface area contributed by atoms with Gasteiger partial charge in [0.25, 0.3) is 0 Å². The zero-order chi connectivity index (χ0) is 21.8. The minimum atomic E-state index is 0.562. The van der Waals surface area contributed by atoms with Gasteiger partial charge in [0.15, 0.2) is 0 Å². The zero-order valence-corrected chi connectivity index (χ0v) is 19.3. The molecule has 1 aromatic carbocycles. The molecule has 3 aromatic heterocycles. The fourth-order valence-corrected chi connectivity index (χ4v) is 4.56. The minimum Gasteiger partial charge on any atom is -0.369 e. The molecular formula is C24H26BrN7. The fraction of sp³-hybridized carbons (Fsp3) is 0.292. The number of hydrogen-bond donors (Lipinski definition) is 4. The molecular weight excluding hydrogens is 466 g/mol. The Balaban J connectivity index is 1.30. The first-order chi connectivity index (χ1) is 15.8. The number of aromatic amines is 1. The molecule has 1 aliphatic rings. The van der Waals surface area contributed by atoms with Crippen LogP contribution in [-0.4, -0.2) is 39.6 Å². The second-order valence-corrected chi connectivity index (χ2v) is 8.90. The van der Waals surface area contributed by atoms with Crippen molar-refractivity contribution >= 4 is 44.3 Å². The molecule has 0 amide bonds. The van der Waals surface area contributed by atoms with E-state index in [9.17, 15) is 0 Å². The maximum atomic E-state index is 4.66. The topological polar surface area (TPSA) is 90.5 Å². The first kappa shape index (κ1) is 20.9. The Morgan fingerprint density at radius 2 is 2.00 bits per heavy atom. The quantitative estimate of drug-likeness (QED) is 0.291. The molecule has 1 saturated heterocycles. The van der Waals surface area contributed by atoms with Crippen LogP contribution >= 0.6 is 15.9 Å². The minimum absolute atomic E-state index is 0.562. The molecule has 0 radical (unpaired) electrons. The molecule has 0 bridgehead atoms. The Hall–Kier alpha value is -2.97. The number of rotatable bonds is 7. The summed E-state index contributed by atoms with van der Waals surface area (Å²) < 4.78 is 0.832. The van der Waals surface area contributed by atoms with E-state index in [0.29, 0.717) is 11.9 Å². The van der Waals surface area contributed by atoms with Gasteiger partial charge in [-0.2, -0.15) is 4.98 Å². The molecule has 0 unspecified atom stereocenters. The summed E-state index contributed by atoms with van der Waals surface area (Å²) in [7, 11) is 0. The average molecular weight is 492 g/mol. The standard InChI is InChI=1S/C24H26BrN7/c25-21-15-30-24(32-23(21)28-12-8-17-3-1-2-9-27-17)31-18-4-5-22-19(13-18)20(14-29-22)16-6-10-26-11-7-16/h1-5,9,13-16,26,29H,6-8,10-12H2,(H2,28,30,31,32). The van der Waals surface area contributed by atoms with Crippen LogP contribution in [0.5, 0.6) is 0 Å². The van der Waals surface area contributed by atoms with Gasteiger partial charge in [0.1, 0.15) is 5.82 Å². The van der Waals surface area contributed by atoms with Crippen LogP contribution in [0.1, 0.15) is 30.0 Å². The molecule has 8 heteroatoms. The highest BCUT2D eigenvalue weighted by Gasteiger charge is 2.18. The van der Waals surface area contributed by atoms with Crippen molar-refractivity contribution < 1.29 is 0 Å². The van der Waals surface area contributed by atoms with Crippen molar-refractivity contribution in [3.8, 4) is 0 Å². The van der Waals surface area contributed by atoms with Crippen molar-refractivity contribution in [2.45, 2.75) is 25.2 Å². The molecule has 0 aliphatic carbocycles. The van der Waals surface area contributed by atoms with Crippen LogP contribution in [0.3, 0.4) is 0 Å². The number of benzene rings is 1. The number of nitrogens with one attached hydrogen (secondary N) is 4. The van der Waals surface area contributed by atoms with Crippen LogP contribution in [0.2, 0.25) is 0 Å². The highest BCUT2D eigenvalue weighted by Crippen LogP contribution is 2.33. The summed E-state index contributed by atoms with van der Waals surface area (Å²) >= 11 is 3.54. The van der Waals surface area contributed by atoms with Crippen LogP contribution in [0.25, 0.3) is 10.9 Å². The Labute approximate surface area is 195 Å². The fourth-order valence-electron chi connectivity index (χ4n) is 4.23. The van der Waals surface area contributed by atoms with Crippen molar-refractivity contribution in [3.05, 3.63) is 70.7 Å². The molecule has 32 heavy (non-hydrogen) atoms. The smallest absolute Gasteiger partial charge is 0.229 e. The van der Waals surface area contributed by atoms with Gasteiger partial charge in [0.2, 0.25) is 5.95 Å². The summed E-state index contributed by atoms with van der Waals surface area (Å²) in [4.78, 5) is 16.9. The third-order valence-corrected chi connectivity index (χ3v) is 6.47. The highest BCUT2D eigenvalue weighted by atomic mass is 79.9. The van der Waals surface area contributed by atoms with Crippen molar-refractivity contribution in [2.24, 2.45) is 0 Å². The molecule has 1 fully saturated rings. The first-order valence-electron chi connectivity index (χ1n) is 11.0. The Bertz CT molecular complexity index is 1190. The largest absolute Gasteiger partial charge is 0.369 e. The van der Waals surface area contributed by atoms with E-state index in [-0.39, 0.29) is 0 Å². The number of aromatic nitrogens is 4. The predicted octanol–water partition coefficient (Wildman–Crippen LogP) is 4.98. The third-order valence-electron chi connectivity index (χ3n) is 5.89. The van der Waals surface area contributed by atoms with E-state index in [4.69, 9.17) is 0 Å². The predicted molar refractivity (Wildman–Crippen MR) is 133 cm³/mol. The molecule has 5 rings (SSSR count). The SMILES string of the molecule is Brc1cnc(Nc2ccc3[nH]cc(C4CCNCC4)c3c2)nc1NCCc1ccccn1. The van der Waals surface area contributed by atoms with E-state index in [0.717, 1.165) is 53.2 Å². The second kappa shape index (κ2) is 9.67. The zero-order valence-electron chi connectivity index (χ0n) is 17.7. The molecule has 4 heterocycles. The van der Waals surface area contributed by atoms with Crippen molar-refractivity contribution in [1.29, 1.82) is 0 Å². The molecule has 0 saturated carbocycles. The van der Waals surface area contributed by atoms with Crippen LogP contribution in [-0.2, 0) is 6.42 Å². The number of pyridine rings is 1. The first-order valence-corrected chi connectivity index (χ1v) is 11.8. The number of anilines is 3. The van der Waals surface area contributed by atoms with Gasteiger partial charge in [-0.1, -0.05) is 6.07 Å². The van der Waals surface area contributed by atoms with Crippen molar-refractivity contribution in [3.63, 3.8) is 0 Å². The van der Waals surface area contributed by atoms with E-state index in [1.165, 1.54) is 23.8 Å². The van der Waals surface area contributed by atoms with E-state index in [1.807, 2.05) is 24.4 Å². The van der Waals surface area contributed by atoms with Crippen molar-refractivity contribution in [1.82, 2.24) is 25.3 Å². The van der Waals surface area contributed by atoms with E-state index in [2.05, 4.69) is 76.2 Å². The summed E-state index contributed by atoms with van der Waals surface area (Å²) in [5.41, 5.74) is 4.60. The maximum Gasteiger partial charge on any atom is 0.229 e. The number of halogens is 1. The van der Waals surface area contributed by atoms with Gasteiger partial charge in [0, 0.05) is 53.8 Å². The number of H-pyrrole nitrogens is 1. The Morgan fingerprint density at radius 3 is 2.84 bits per heavy atom. The molecule has 0 atom stereocenters. The molecule has 1 aliphatic heterocycles. The Kier molecular flexibility index (Phi) is 6.31. The van der Waals surface area contributed by atoms with Crippen LogP contribution in [0.15, 0.2) is 59.5 Å². The molecule has 0 spiro atoms. The van der Waals surface area contributed by atoms with Crippen molar-refractivity contribution in [2.75, 3.05) is 30.3 Å². The normalized spacial score (nSPS) is 14.5. The van der Waals surface area contributed by atoms with Crippen LogP contribution in [0.4, 0.5) is 17.5 Å². The van der Waals surface area contributed by atoms with E-state index < -0.39 is 0 Å². The van der Waals surface area contributed by atoms with Gasteiger partial charge in [-0.15, -0.1) is 0 Å². The van der Waals surface area contributed by atoms with E-state index in [1.54, 1.807) is 6.20 Å².